The van der Waals surface area contributed by atoms with Gasteiger partial charge in [-0.3, -0.25) is 0 Å². The molecular formula is C21H21O2P. The Hall–Kier alpha value is -2.44. The van der Waals surface area contributed by atoms with Crippen molar-refractivity contribution in [2.45, 2.75) is 0 Å². The van der Waals surface area contributed by atoms with Gasteiger partial charge in [-0.15, -0.1) is 0 Å². The summed E-state index contributed by atoms with van der Waals surface area (Å²) in [6.07, 6.45) is 0. The molecule has 0 saturated heterocycles. The molecule has 0 aliphatic carbocycles. The van der Waals surface area contributed by atoms with E-state index in [9.17, 15) is 4.79 Å². The van der Waals surface area contributed by atoms with Crippen molar-refractivity contribution in [3.8, 4) is 0 Å². The molecule has 0 fully saturated rings. The van der Waals surface area contributed by atoms with Crippen LogP contribution in [0.3, 0.4) is 0 Å². The maximum absolute atomic E-state index is 12.8. The third kappa shape index (κ3) is 2.98. The van der Waals surface area contributed by atoms with E-state index < -0.39 is 6.83 Å². The van der Waals surface area contributed by atoms with Crippen LogP contribution in [0.4, 0.5) is 0 Å². The van der Waals surface area contributed by atoms with Gasteiger partial charge in [-0.25, -0.2) is 0 Å². The Bertz CT molecular complexity index is 784. The number of carbonyl (C=O) groups is 1. The number of hydrogen-bond donors (Lipinski definition) is 0. The van der Waals surface area contributed by atoms with Crippen LogP contribution in [0.2, 0.25) is 0 Å². The Kier molecular flexibility index (Phi) is 4.26. The van der Waals surface area contributed by atoms with Crippen LogP contribution in [0.1, 0.15) is 10.4 Å². The fraction of sp³-hybridized carbons (Fsp3) is 0.0952. The third-order valence-corrected chi connectivity index (χ3v) is 8.69. The molecule has 0 aliphatic heterocycles. The summed E-state index contributed by atoms with van der Waals surface area (Å²) in [4.78, 5) is 12.8. The van der Waals surface area contributed by atoms with Crippen molar-refractivity contribution < 1.29 is 9.32 Å². The molecular weight excluding hydrogens is 315 g/mol. The van der Waals surface area contributed by atoms with Crippen LogP contribution < -0.4 is 10.6 Å². The monoisotopic (exact) mass is 336 g/mol. The molecule has 3 rings (SSSR count). The van der Waals surface area contributed by atoms with E-state index in [1.807, 2.05) is 78.9 Å². The summed E-state index contributed by atoms with van der Waals surface area (Å²) in [6.45, 7) is 1.07. The van der Waals surface area contributed by atoms with Gasteiger partial charge in [0.15, 0.2) is 0 Å². The summed E-state index contributed by atoms with van der Waals surface area (Å²) in [6, 6.07) is 29.3. The molecule has 0 aliphatic rings. The van der Waals surface area contributed by atoms with E-state index in [4.69, 9.17) is 4.52 Å². The second-order valence-electron chi connectivity index (χ2n) is 6.42. The number of rotatable bonds is 4. The van der Waals surface area contributed by atoms with Crippen LogP contribution in [0.25, 0.3) is 0 Å². The van der Waals surface area contributed by atoms with Crippen molar-refractivity contribution in [3.05, 3.63) is 96.6 Å². The summed E-state index contributed by atoms with van der Waals surface area (Å²) in [5.41, 5.74) is 0.571. The van der Waals surface area contributed by atoms with Gasteiger partial charge in [-0.05, 0) is 0 Å². The van der Waals surface area contributed by atoms with Crippen LogP contribution in [0.5, 0.6) is 0 Å². The zero-order valence-electron chi connectivity index (χ0n) is 13.9. The molecule has 3 aromatic carbocycles. The molecule has 0 radical (unpaired) electrons. The van der Waals surface area contributed by atoms with Crippen molar-refractivity contribution in [1.82, 2.24) is 0 Å². The molecule has 0 spiro atoms. The van der Waals surface area contributed by atoms with Gasteiger partial charge in [-0.1, -0.05) is 0 Å². The predicted octanol–water partition coefficient (Wildman–Crippen LogP) is 4.22. The molecule has 122 valence electrons. The Morgan fingerprint density at radius 2 is 1.04 bits per heavy atom. The zero-order chi connectivity index (χ0) is 17.1. The fourth-order valence-corrected chi connectivity index (χ4v) is 6.04. The van der Waals surface area contributed by atoms with Crippen LogP contribution in [0.15, 0.2) is 91.0 Å². The zero-order valence-corrected chi connectivity index (χ0v) is 14.8. The first-order valence-corrected chi connectivity index (χ1v) is 11.0. The predicted molar refractivity (Wildman–Crippen MR) is 103 cm³/mol. The van der Waals surface area contributed by atoms with E-state index in [2.05, 4.69) is 13.3 Å². The molecule has 0 amide bonds. The molecule has 3 aromatic rings. The van der Waals surface area contributed by atoms with E-state index in [0.717, 1.165) is 10.6 Å². The van der Waals surface area contributed by atoms with Gasteiger partial charge in [0.2, 0.25) is 0 Å². The average molecular weight is 336 g/mol. The summed E-state index contributed by atoms with van der Waals surface area (Å²) >= 11 is 0. The maximum atomic E-state index is 12.8. The molecule has 0 aromatic heterocycles. The first kappa shape index (κ1) is 16.4. The van der Waals surface area contributed by atoms with E-state index >= 15 is 0 Å². The van der Waals surface area contributed by atoms with Crippen molar-refractivity contribution >= 4 is 23.4 Å². The molecule has 0 atom stereocenters. The molecule has 0 saturated carbocycles. The van der Waals surface area contributed by atoms with Crippen LogP contribution >= 0.6 is 6.83 Å². The van der Waals surface area contributed by atoms with Gasteiger partial charge < -0.3 is 0 Å². The van der Waals surface area contributed by atoms with Gasteiger partial charge in [0.25, 0.3) is 0 Å². The standard InChI is InChI=1S/C21H21O2P/c1-24(2,19-14-8-4-9-15-19,20-16-10-5-11-17-20)23-21(22)18-12-6-3-7-13-18/h3-17H,1-2H3. The van der Waals surface area contributed by atoms with Crippen LogP contribution in [0, 0.1) is 0 Å². The molecule has 0 bridgehead atoms. The summed E-state index contributed by atoms with van der Waals surface area (Å²) in [7, 11) is 0. The molecule has 24 heavy (non-hydrogen) atoms. The van der Waals surface area contributed by atoms with Gasteiger partial charge in [0.05, 0.1) is 0 Å². The Labute approximate surface area is 143 Å². The second kappa shape index (κ2) is 6.22. The van der Waals surface area contributed by atoms with E-state index in [0.29, 0.717) is 5.56 Å². The number of hydrogen-bond acceptors (Lipinski definition) is 2. The van der Waals surface area contributed by atoms with Gasteiger partial charge in [0, 0.05) is 0 Å². The van der Waals surface area contributed by atoms with E-state index in [1.54, 1.807) is 12.1 Å². The SMILES string of the molecule is CP(C)(OC(=O)c1ccccc1)(c1ccccc1)c1ccccc1. The molecule has 3 heteroatoms. The van der Waals surface area contributed by atoms with Crippen molar-refractivity contribution in [1.29, 1.82) is 0 Å². The molecule has 0 unspecified atom stereocenters. The minimum atomic E-state index is -3.09. The Balaban J connectivity index is 2.12. The number of benzene rings is 3. The van der Waals surface area contributed by atoms with Gasteiger partial charge in [0.1, 0.15) is 0 Å². The second-order valence-corrected chi connectivity index (χ2v) is 11.6. The number of carbonyl (C=O) groups excluding carboxylic acids is 1. The molecule has 0 N–H and O–H groups in total. The molecule has 0 heterocycles. The van der Waals surface area contributed by atoms with Gasteiger partial charge in [-0.2, -0.15) is 0 Å². The van der Waals surface area contributed by atoms with Gasteiger partial charge >= 0.3 is 143 Å². The quantitative estimate of drug-likeness (QED) is 0.667. The fourth-order valence-electron chi connectivity index (χ4n) is 2.85. The van der Waals surface area contributed by atoms with Crippen molar-refractivity contribution in [3.63, 3.8) is 0 Å². The Morgan fingerprint density at radius 1 is 0.667 bits per heavy atom. The third-order valence-electron chi connectivity index (χ3n) is 4.38. The Morgan fingerprint density at radius 3 is 1.46 bits per heavy atom. The minimum absolute atomic E-state index is 0.286. The topological polar surface area (TPSA) is 26.3 Å². The summed E-state index contributed by atoms with van der Waals surface area (Å²) in [5.74, 6) is -0.286. The van der Waals surface area contributed by atoms with Crippen LogP contribution in [-0.2, 0) is 4.52 Å². The average Bonchev–Trinajstić information content (AvgIpc) is 2.64. The van der Waals surface area contributed by atoms with Crippen molar-refractivity contribution in [2.24, 2.45) is 0 Å². The van der Waals surface area contributed by atoms with Crippen molar-refractivity contribution in [2.75, 3.05) is 13.3 Å². The van der Waals surface area contributed by atoms with Crippen LogP contribution in [-0.4, -0.2) is 19.3 Å². The normalized spacial score (nSPS) is 12.8. The first-order valence-electron chi connectivity index (χ1n) is 7.91. The molecule has 2 nitrogen and oxygen atoms in total. The van der Waals surface area contributed by atoms with E-state index in [-0.39, 0.29) is 5.97 Å². The summed E-state index contributed by atoms with van der Waals surface area (Å²) in [5, 5.41) is 2.11. The van der Waals surface area contributed by atoms with E-state index in [1.165, 1.54) is 0 Å². The first-order chi connectivity index (χ1) is 11.5. The summed E-state index contributed by atoms with van der Waals surface area (Å²) < 4.78 is 6.28.